The first-order valence-corrected chi connectivity index (χ1v) is 7.71. The summed E-state index contributed by atoms with van der Waals surface area (Å²) in [5.74, 6) is 1.45. The highest BCUT2D eigenvalue weighted by Crippen LogP contribution is 2.13. The molecule has 0 N–H and O–H groups in total. The zero-order chi connectivity index (χ0) is 16.1. The number of benzene rings is 1. The molecule has 1 aliphatic rings. The molecule has 0 radical (unpaired) electrons. The monoisotopic (exact) mass is 312 g/mol. The van der Waals surface area contributed by atoms with Crippen LogP contribution in [0, 0.1) is 6.92 Å². The maximum Gasteiger partial charge on any atom is 0.260 e. The van der Waals surface area contributed by atoms with Gasteiger partial charge in [-0.25, -0.2) is 9.97 Å². The number of hydrogen-bond acceptors (Lipinski definition) is 5. The normalized spacial score (nSPS) is 14.7. The average molecular weight is 312 g/mol. The molecule has 2 aromatic rings. The molecule has 6 heteroatoms. The minimum absolute atomic E-state index is 0.0132. The van der Waals surface area contributed by atoms with E-state index in [1.165, 1.54) is 5.56 Å². The molecule has 0 saturated carbocycles. The van der Waals surface area contributed by atoms with Gasteiger partial charge in [-0.15, -0.1) is 0 Å². The summed E-state index contributed by atoms with van der Waals surface area (Å²) in [4.78, 5) is 24.6. The van der Waals surface area contributed by atoms with Gasteiger partial charge in [0.05, 0.1) is 0 Å². The van der Waals surface area contributed by atoms with Crippen LogP contribution in [0.3, 0.4) is 0 Å². The zero-order valence-electron chi connectivity index (χ0n) is 13.2. The molecule has 0 bridgehead atoms. The van der Waals surface area contributed by atoms with E-state index < -0.39 is 0 Å². The number of amides is 1. The van der Waals surface area contributed by atoms with E-state index in [4.69, 9.17) is 4.74 Å². The summed E-state index contributed by atoms with van der Waals surface area (Å²) < 4.78 is 5.56. The highest BCUT2D eigenvalue weighted by atomic mass is 16.5. The van der Waals surface area contributed by atoms with Crippen LogP contribution in [0.1, 0.15) is 5.56 Å². The number of aromatic nitrogens is 2. The van der Waals surface area contributed by atoms with Gasteiger partial charge in [-0.1, -0.05) is 17.7 Å². The van der Waals surface area contributed by atoms with Gasteiger partial charge >= 0.3 is 0 Å². The maximum atomic E-state index is 12.2. The van der Waals surface area contributed by atoms with Gasteiger partial charge in [0.15, 0.2) is 6.61 Å². The van der Waals surface area contributed by atoms with Gasteiger partial charge in [0.25, 0.3) is 5.91 Å². The highest BCUT2D eigenvalue weighted by molar-refractivity contribution is 5.78. The molecule has 1 aromatic carbocycles. The molecule has 6 nitrogen and oxygen atoms in total. The predicted octanol–water partition coefficient (Wildman–Crippen LogP) is 1.51. The number of anilines is 1. The predicted molar refractivity (Wildman–Crippen MR) is 87.5 cm³/mol. The van der Waals surface area contributed by atoms with Gasteiger partial charge in [-0.2, -0.15) is 0 Å². The Morgan fingerprint density at radius 2 is 1.74 bits per heavy atom. The Labute approximate surface area is 135 Å². The SMILES string of the molecule is Cc1ccc(OCC(=O)N2CCN(c3ncccn3)CC2)cc1. The lowest BCUT2D eigenvalue weighted by Crippen LogP contribution is -2.50. The van der Waals surface area contributed by atoms with Gasteiger partial charge in [-0.05, 0) is 25.1 Å². The second kappa shape index (κ2) is 7.09. The van der Waals surface area contributed by atoms with Gasteiger partial charge in [-0.3, -0.25) is 4.79 Å². The molecule has 120 valence electrons. The van der Waals surface area contributed by atoms with Crippen molar-refractivity contribution in [1.82, 2.24) is 14.9 Å². The number of hydrogen-bond donors (Lipinski definition) is 0. The second-order valence-electron chi connectivity index (χ2n) is 5.52. The summed E-state index contributed by atoms with van der Waals surface area (Å²) in [5.41, 5.74) is 1.17. The van der Waals surface area contributed by atoms with Crippen LogP contribution in [-0.4, -0.2) is 53.6 Å². The molecular formula is C17H20N4O2. The summed E-state index contributed by atoms with van der Waals surface area (Å²) >= 11 is 0. The number of nitrogens with zero attached hydrogens (tertiary/aromatic N) is 4. The fourth-order valence-electron chi connectivity index (χ4n) is 2.48. The van der Waals surface area contributed by atoms with Crippen LogP contribution < -0.4 is 9.64 Å². The zero-order valence-corrected chi connectivity index (χ0v) is 13.2. The minimum Gasteiger partial charge on any atom is -0.484 e. The van der Waals surface area contributed by atoms with Crippen LogP contribution in [0.4, 0.5) is 5.95 Å². The maximum absolute atomic E-state index is 12.2. The summed E-state index contributed by atoms with van der Waals surface area (Å²) in [5, 5.41) is 0. The van der Waals surface area contributed by atoms with Crippen LogP contribution in [-0.2, 0) is 4.79 Å². The summed E-state index contributed by atoms with van der Waals surface area (Å²) in [6.07, 6.45) is 3.46. The number of piperazine rings is 1. The molecular weight excluding hydrogens is 292 g/mol. The Balaban J connectivity index is 1.47. The second-order valence-corrected chi connectivity index (χ2v) is 5.52. The summed E-state index contributed by atoms with van der Waals surface area (Å²) in [7, 11) is 0. The molecule has 2 heterocycles. The number of ether oxygens (including phenoxy) is 1. The molecule has 3 rings (SSSR count). The number of rotatable bonds is 4. The Morgan fingerprint density at radius 1 is 1.09 bits per heavy atom. The smallest absolute Gasteiger partial charge is 0.260 e. The summed E-state index contributed by atoms with van der Waals surface area (Å²) in [6, 6.07) is 9.50. The topological polar surface area (TPSA) is 58.6 Å². The quantitative estimate of drug-likeness (QED) is 0.856. The largest absolute Gasteiger partial charge is 0.484 e. The lowest BCUT2D eigenvalue weighted by molar-refractivity contribution is -0.133. The van der Waals surface area contributed by atoms with Crippen molar-refractivity contribution in [3.05, 3.63) is 48.3 Å². The van der Waals surface area contributed by atoms with E-state index in [9.17, 15) is 4.79 Å². The van der Waals surface area contributed by atoms with Crippen molar-refractivity contribution in [2.75, 3.05) is 37.7 Å². The van der Waals surface area contributed by atoms with E-state index in [2.05, 4.69) is 14.9 Å². The van der Waals surface area contributed by atoms with Gasteiger partial charge < -0.3 is 14.5 Å². The van der Waals surface area contributed by atoms with Crippen molar-refractivity contribution in [2.45, 2.75) is 6.92 Å². The van der Waals surface area contributed by atoms with Gasteiger partial charge in [0.2, 0.25) is 5.95 Å². The first-order valence-electron chi connectivity index (χ1n) is 7.71. The Hall–Kier alpha value is -2.63. The van der Waals surface area contributed by atoms with Crippen molar-refractivity contribution in [1.29, 1.82) is 0 Å². The van der Waals surface area contributed by atoms with E-state index in [0.29, 0.717) is 13.1 Å². The van der Waals surface area contributed by atoms with E-state index in [0.717, 1.165) is 24.8 Å². The highest BCUT2D eigenvalue weighted by Gasteiger charge is 2.22. The molecule has 1 aliphatic heterocycles. The van der Waals surface area contributed by atoms with Crippen LogP contribution in [0.5, 0.6) is 5.75 Å². The van der Waals surface area contributed by atoms with Crippen molar-refractivity contribution in [2.24, 2.45) is 0 Å². The van der Waals surface area contributed by atoms with E-state index in [-0.39, 0.29) is 12.5 Å². The number of carbonyl (C=O) groups excluding carboxylic acids is 1. The lowest BCUT2D eigenvalue weighted by Gasteiger charge is -2.34. The van der Waals surface area contributed by atoms with Crippen LogP contribution in [0.15, 0.2) is 42.7 Å². The van der Waals surface area contributed by atoms with E-state index >= 15 is 0 Å². The Bertz CT molecular complexity index is 637. The molecule has 0 atom stereocenters. The number of carbonyl (C=O) groups is 1. The van der Waals surface area contributed by atoms with Crippen molar-refractivity contribution in [3.63, 3.8) is 0 Å². The van der Waals surface area contributed by atoms with Crippen molar-refractivity contribution >= 4 is 11.9 Å². The fraction of sp³-hybridized carbons (Fsp3) is 0.353. The third-order valence-electron chi connectivity index (χ3n) is 3.85. The molecule has 23 heavy (non-hydrogen) atoms. The van der Waals surface area contributed by atoms with Crippen LogP contribution >= 0.6 is 0 Å². The summed E-state index contributed by atoms with van der Waals surface area (Å²) in [6.45, 7) is 4.89. The molecule has 1 amide bonds. The van der Waals surface area contributed by atoms with Gasteiger partial charge in [0.1, 0.15) is 5.75 Å². The first-order chi connectivity index (χ1) is 11.2. The lowest BCUT2D eigenvalue weighted by atomic mass is 10.2. The molecule has 1 saturated heterocycles. The number of aryl methyl sites for hydroxylation is 1. The van der Waals surface area contributed by atoms with E-state index in [1.807, 2.05) is 36.1 Å². The molecule has 1 fully saturated rings. The molecule has 0 aliphatic carbocycles. The van der Waals surface area contributed by atoms with Crippen LogP contribution in [0.25, 0.3) is 0 Å². The fourth-order valence-corrected chi connectivity index (χ4v) is 2.48. The molecule has 0 spiro atoms. The molecule has 1 aromatic heterocycles. The Kier molecular flexibility index (Phi) is 4.71. The Morgan fingerprint density at radius 3 is 2.39 bits per heavy atom. The molecule has 0 unspecified atom stereocenters. The minimum atomic E-state index is 0.0132. The third-order valence-corrected chi connectivity index (χ3v) is 3.85. The van der Waals surface area contributed by atoms with Crippen molar-refractivity contribution in [3.8, 4) is 5.75 Å². The van der Waals surface area contributed by atoms with Gasteiger partial charge in [0, 0.05) is 38.6 Å². The van der Waals surface area contributed by atoms with Crippen LogP contribution in [0.2, 0.25) is 0 Å². The van der Waals surface area contributed by atoms with E-state index in [1.54, 1.807) is 18.5 Å². The third kappa shape index (κ3) is 3.97. The average Bonchev–Trinajstić information content (AvgIpc) is 2.62. The standard InChI is InChI=1S/C17H20N4O2/c1-14-3-5-15(6-4-14)23-13-16(22)20-9-11-21(12-10-20)17-18-7-2-8-19-17/h2-8H,9-13H2,1H3. The van der Waals surface area contributed by atoms with Crippen molar-refractivity contribution < 1.29 is 9.53 Å². The first kappa shape index (κ1) is 15.3.